The molecule has 2 aromatic rings. The second-order valence-corrected chi connectivity index (χ2v) is 9.55. The van der Waals surface area contributed by atoms with E-state index in [1.807, 2.05) is 18.3 Å². The Kier molecular flexibility index (Phi) is 5.73. The molecule has 0 bridgehead atoms. The van der Waals surface area contributed by atoms with Gasteiger partial charge < -0.3 is 4.74 Å². The zero-order chi connectivity index (χ0) is 20.6. The Balaban J connectivity index is 1.60. The molecule has 0 saturated carbocycles. The van der Waals surface area contributed by atoms with E-state index in [1.165, 1.54) is 10.4 Å². The van der Waals surface area contributed by atoms with E-state index in [1.54, 1.807) is 12.0 Å². The summed E-state index contributed by atoms with van der Waals surface area (Å²) in [6, 6.07) is 2.20. The number of anilines is 1. The number of amides is 1. The number of nitrogens with zero attached hydrogens (tertiary/aromatic N) is 4. The van der Waals surface area contributed by atoms with Crippen LogP contribution < -0.4 is 4.90 Å². The maximum atomic E-state index is 12.5. The van der Waals surface area contributed by atoms with E-state index in [-0.39, 0.29) is 11.3 Å². The summed E-state index contributed by atoms with van der Waals surface area (Å²) in [6.45, 7) is 10.6. The lowest BCUT2D eigenvalue weighted by atomic mass is 9.80. The van der Waals surface area contributed by atoms with Gasteiger partial charge in [-0.05, 0) is 50.2 Å². The molecular formula is C22H30N4O2S. The molecule has 1 saturated heterocycles. The molecule has 1 fully saturated rings. The molecule has 2 aromatic heterocycles. The van der Waals surface area contributed by atoms with Crippen molar-refractivity contribution < 1.29 is 9.53 Å². The normalized spacial score (nSPS) is 22.3. The minimum atomic E-state index is -0.109. The Labute approximate surface area is 176 Å². The number of piperidine rings is 1. The Bertz CT molecular complexity index is 912. The molecule has 0 aromatic carbocycles. The van der Waals surface area contributed by atoms with Crippen molar-refractivity contribution in [1.29, 1.82) is 0 Å². The maximum absolute atomic E-state index is 12.5. The van der Waals surface area contributed by atoms with Gasteiger partial charge in [0.15, 0.2) is 0 Å². The van der Waals surface area contributed by atoms with Crippen LogP contribution in [0.4, 0.5) is 5.82 Å². The Hall–Kier alpha value is -1.83. The second kappa shape index (κ2) is 8.13. The fourth-order valence-electron chi connectivity index (χ4n) is 4.49. The summed E-state index contributed by atoms with van der Waals surface area (Å²) < 4.78 is 5.19. The van der Waals surface area contributed by atoms with Crippen LogP contribution in [0.25, 0.3) is 0 Å². The molecule has 0 radical (unpaired) electrons. The van der Waals surface area contributed by atoms with Crippen LogP contribution in [0.3, 0.4) is 0 Å². The molecule has 4 heterocycles. The van der Waals surface area contributed by atoms with Crippen molar-refractivity contribution in [3.8, 4) is 0 Å². The van der Waals surface area contributed by atoms with Crippen LogP contribution in [0.1, 0.15) is 47.3 Å². The van der Waals surface area contributed by atoms with Crippen molar-refractivity contribution >= 4 is 23.1 Å². The van der Waals surface area contributed by atoms with E-state index in [0.29, 0.717) is 19.6 Å². The van der Waals surface area contributed by atoms with Crippen molar-refractivity contribution in [2.75, 3.05) is 38.3 Å². The molecule has 156 valence electrons. The second-order valence-electron chi connectivity index (χ2n) is 8.55. The number of methoxy groups -OCH3 is 1. The van der Waals surface area contributed by atoms with E-state index in [9.17, 15) is 4.79 Å². The lowest BCUT2D eigenvalue weighted by Crippen LogP contribution is -2.45. The number of carbonyl (C=O) groups is 1. The number of hydrogen-bond acceptors (Lipinski definition) is 6. The maximum Gasteiger partial charge on any atom is 0.232 e. The molecule has 1 amide bonds. The van der Waals surface area contributed by atoms with Gasteiger partial charge in [-0.2, -0.15) is 0 Å². The van der Waals surface area contributed by atoms with Crippen LogP contribution in [-0.2, 0) is 27.9 Å². The minimum Gasteiger partial charge on any atom is -0.383 e. The van der Waals surface area contributed by atoms with E-state index in [0.717, 1.165) is 55.4 Å². The molecule has 1 atom stereocenters. The molecule has 2 aliphatic heterocycles. The summed E-state index contributed by atoms with van der Waals surface area (Å²) in [5, 5.41) is 2.17. The summed E-state index contributed by atoms with van der Waals surface area (Å²) >= 11 is 1.84. The molecule has 7 heteroatoms. The van der Waals surface area contributed by atoms with E-state index in [4.69, 9.17) is 14.7 Å². The molecule has 0 N–H and O–H groups in total. The fourth-order valence-corrected chi connectivity index (χ4v) is 5.44. The van der Waals surface area contributed by atoms with E-state index in [2.05, 4.69) is 30.2 Å². The number of likely N-dealkylation sites (tertiary alicyclic amines) is 1. The van der Waals surface area contributed by atoms with Crippen LogP contribution in [0, 0.1) is 13.8 Å². The lowest BCUT2D eigenvalue weighted by Gasteiger charge is -2.39. The van der Waals surface area contributed by atoms with E-state index >= 15 is 0 Å². The van der Waals surface area contributed by atoms with Crippen molar-refractivity contribution in [2.45, 2.75) is 52.0 Å². The summed E-state index contributed by atoms with van der Waals surface area (Å²) in [6.07, 6.45) is 2.59. The average molecular weight is 415 g/mol. The molecule has 6 nitrogen and oxygen atoms in total. The Morgan fingerprint density at radius 3 is 2.86 bits per heavy atom. The summed E-state index contributed by atoms with van der Waals surface area (Å²) in [5.41, 5.74) is 3.17. The third-order valence-corrected chi connectivity index (χ3v) is 7.25. The number of fused-ring (bicyclic) bond motifs is 1. The Morgan fingerprint density at radius 2 is 2.14 bits per heavy atom. The molecular weight excluding hydrogens is 384 g/mol. The van der Waals surface area contributed by atoms with Gasteiger partial charge in [-0.1, -0.05) is 6.92 Å². The first-order valence-electron chi connectivity index (χ1n) is 10.3. The number of thiophene rings is 1. The van der Waals surface area contributed by atoms with Gasteiger partial charge in [-0.25, -0.2) is 9.97 Å². The molecule has 1 unspecified atom stereocenters. The SMILES string of the molecule is COCCN1C(=O)Cc2c(C)nc(C3(C)CCCN(Cc4sccc4C)C3)nc21. The first-order valence-corrected chi connectivity index (χ1v) is 11.2. The highest BCUT2D eigenvalue weighted by atomic mass is 32.1. The number of aryl methyl sites for hydroxylation is 2. The Morgan fingerprint density at radius 1 is 1.31 bits per heavy atom. The van der Waals surface area contributed by atoms with Crippen molar-refractivity contribution in [2.24, 2.45) is 0 Å². The number of hydrogen-bond donors (Lipinski definition) is 0. The predicted molar refractivity (Wildman–Crippen MR) is 116 cm³/mol. The molecule has 0 spiro atoms. The van der Waals surface area contributed by atoms with Crippen molar-refractivity contribution in [3.05, 3.63) is 39.0 Å². The first-order chi connectivity index (χ1) is 13.9. The van der Waals surface area contributed by atoms with Gasteiger partial charge in [0, 0.05) is 41.7 Å². The molecule has 0 aliphatic carbocycles. The number of carbonyl (C=O) groups excluding carboxylic acids is 1. The standard InChI is InChI=1S/C22H30N4O2S/c1-15-6-11-29-18(15)13-25-8-5-7-22(3,14-25)21-23-16(2)17-12-19(27)26(9-10-28-4)20(17)24-21/h6,11H,5,7-10,12-14H2,1-4H3. The topological polar surface area (TPSA) is 58.6 Å². The highest BCUT2D eigenvalue weighted by Gasteiger charge is 2.38. The number of rotatable bonds is 6. The van der Waals surface area contributed by atoms with Crippen LogP contribution >= 0.6 is 11.3 Å². The zero-order valence-corrected chi connectivity index (χ0v) is 18.6. The van der Waals surface area contributed by atoms with Gasteiger partial charge in [0.1, 0.15) is 11.6 Å². The summed E-state index contributed by atoms with van der Waals surface area (Å²) in [4.78, 5) is 28.1. The summed E-state index contributed by atoms with van der Waals surface area (Å²) in [5.74, 6) is 1.76. The highest BCUT2D eigenvalue weighted by molar-refractivity contribution is 7.10. The quantitative estimate of drug-likeness (QED) is 0.726. The van der Waals surface area contributed by atoms with Gasteiger partial charge in [0.25, 0.3) is 0 Å². The zero-order valence-electron chi connectivity index (χ0n) is 17.8. The molecule has 29 heavy (non-hydrogen) atoms. The van der Waals surface area contributed by atoms with Gasteiger partial charge >= 0.3 is 0 Å². The fraction of sp³-hybridized carbons (Fsp3) is 0.591. The lowest BCUT2D eigenvalue weighted by molar-refractivity contribution is -0.117. The van der Waals surface area contributed by atoms with E-state index < -0.39 is 0 Å². The monoisotopic (exact) mass is 414 g/mol. The largest absolute Gasteiger partial charge is 0.383 e. The third kappa shape index (κ3) is 3.96. The highest BCUT2D eigenvalue weighted by Crippen LogP contribution is 2.36. The van der Waals surface area contributed by atoms with Crippen LogP contribution in [0.2, 0.25) is 0 Å². The van der Waals surface area contributed by atoms with Crippen LogP contribution in [0.5, 0.6) is 0 Å². The van der Waals surface area contributed by atoms with Crippen LogP contribution in [-0.4, -0.2) is 54.1 Å². The van der Waals surface area contributed by atoms with Crippen LogP contribution in [0.15, 0.2) is 11.4 Å². The average Bonchev–Trinajstić information content (AvgIpc) is 3.23. The molecule has 4 rings (SSSR count). The van der Waals surface area contributed by atoms with Gasteiger partial charge in [-0.3, -0.25) is 14.6 Å². The van der Waals surface area contributed by atoms with Crippen molar-refractivity contribution in [1.82, 2.24) is 14.9 Å². The van der Waals surface area contributed by atoms with Gasteiger partial charge in [0.2, 0.25) is 5.91 Å². The number of aromatic nitrogens is 2. The predicted octanol–water partition coefficient (Wildman–Crippen LogP) is 3.24. The van der Waals surface area contributed by atoms with Crippen molar-refractivity contribution in [3.63, 3.8) is 0 Å². The first kappa shape index (κ1) is 20.4. The third-order valence-electron chi connectivity index (χ3n) is 6.25. The van der Waals surface area contributed by atoms with Gasteiger partial charge in [0.05, 0.1) is 19.6 Å². The molecule has 2 aliphatic rings. The minimum absolute atomic E-state index is 0.0928. The smallest absolute Gasteiger partial charge is 0.232 e. The summed E-state index contributed by atoms with van der Waals surface area (Å²) in [7, 11) is 1.66. The number of ether oxygens (including phenoxy) is 1. The van der Waals surface area contributed by atoms with Gasteiger partial charge in [-0.15, -0.1) is 11.3 Å².